The van der Waals surface area contributed by atoms with Gasteiger partial charge < -0.3 is 25.8 Å². The molecule has 3 aliphatic rings. The van der Waals surface area contributed by atoms with Crippen LogP contribution in [0.1, 0.15) is 47.8 Å². The van der Waals surface area contributed by atoms with E-state index < -0.39 is 11.7 Å². The summed E-state index contributed by atoms with van der Waals surface area (Å²) in [6.07, 6.45) is 6.96. The largest absolute Gasteiger partial charge is 0.364 e. The minimum atomic E-state index is -0.795. The number of primary amides is 1. The van der Waals surface area contributed by atoms with Gasteiger partial charge in [0.05, 0.1) is 36.3 Å². The van der Waals surface area contributed by atoms with Crippen molar-refractivity contribution in [1.82, 2.24) is 20.0 Å². The van der Waals surface area contributed by atoms with Crippen LogP contribution in [0.4, 0.5) is 17.2 Å². The minimum Gasteiger partial charge on any atom is -0.364 e. The van der Waals surface area contributed by atoms with E-state index in [1.807, 2.05) is 16.9 Å². The van der Waals surface area contributed by atoms with Crippen molar-refractivity contribution >= 4 is 29.0 Å². The van der Waals surface area contributed by atoms with E-state index in [0.717, 1.165) is 31.2 Å². The zero-order chi connectivity index (χ0) is 25.6. The second-order valence-corrected chi connectivity index (χ2v) is 9.36. The van der Waals surface area contributed by atoms with Crippen LogP contribution in [0, 0.1) is 17.2 Å². The number of anilines is 3. The number of aromatic nitrogens is 4. The highest BCUT2D eigenvalue weighted by Crippen LogP contribution is 2.48. The van der Waals surface area contributed by atoms with Gasteiger partial charge in [-0.05, 0) is 25.3 Å². The molecule has 3 aromatic rings. The van der Waals surface area contributed by atoms with Gasteiger partial charge in [0.15, 0.2) is 17.3 Å². The molecule has 1 atom stereocenters. The van der Waals surface area contributed by atoms with Crippen LogP contribution >= 0.6 is 0 Å². The SMILES string of the molecule is N#Cc1c(Nc2cc(NC(=O)C3CC3)nnc2C(N)=O)cccc1-c1cnn([C@@H]2CCC23OCCO3)c1. The maximum absolute atomic E-state index is 12.2. The molecule has 6 rings (SSSR count). The van der Waals surface area contributed by atoms with Gasteiger partial charge in [-0.25, -0.2) is 0 Å². The number of benzene rings is 1. The molecular weight excluding hydrogens is 476 g/mol. The van der Waals surface area contributed by atoms with E-state index in [1.165, 1.54) is 6.07 Å². The topological polar surface area (TPSA) is 170 Å². The van der Waals surface area contributed by atoms with Crippen molar-refractivity contribution in [2.45, 2.75) is 37.5 Å². The van der Waals surface area contributed by atoms with E-state index in [0.29, 0.717) is 30.0 Å². The third-order valence-corrected chi connectivity index (χ3v) is 6.95. The summed E-state index contributed by atoms with van der Waals surface area (Å²) in [4.78, 5) is 24.2. The molecule has 0 radical (unpaired) electrons. The Morgan fingerprint density at radius 2 is 1.97 bits per heavy atom. The first-order chi connectivity index (χ1) is 18.0. The number of ether oxygens (including phenoxy) is 2. The number of hydrogen-bond donors (Lipinski definition) is 3. The Morgan fingerprint density at radius 3 is 2.65 bits per heavy atom. The van der Waals surface area contributed by atoms with E-state index in [9.17, 15) is 14.9 Å². The van der Waals surface area contributed by atoms with Crippen LogP contribution in [-0.4, -0.2) is 50.8 Å². The number of nitrogens with two attached hydrogens (primary N) is 1. The Hall–Kier alpha value is -4.34. The molecule has 188 valence electrons. The van der Waals surface area contributed by atoms with Crippen LogP contribution in [0.2, 0.25) is 0 Å². The van der Waals surface area contributed by atoms with E-state index in [4.69, 9.17) is 15.2 Å². The predicted octanol–water partition coefficient (Wildman–Crippen LogP) is 2.48. The van der Waals surface area contributed by atoms with Crippen LogP contribution in [-0.2, 0) is 14.3 Å². The second-order valence-electron chi connectivity index (χ2n) is 9.36. The number of nitrogens with one attached hydrogen (secondary N) is 2. The quantitative estimate of drug-likeness (QED) is 0.441. The molecule has 0 unspecified atom stereocenters. The van der Waals surface area contributed by atoms with Crippen molar-refractivity contribution in [3.05, 3.63) is 47.9 Å². The van der Waals surface area contributed by atoms with E-state index >= 15 is 0 Å². The van der Waals surface area contributed by atoms with Crippen LogP contribution in [0.15, 0.2) is 36.7 Å². The van der Waals surface area contributed by atoms with Gasteiger partial charge in [-0.3, -0.25) is 14.3 Å². The number of carbonyl (C=O) groups is 2. The maximum Gasteiger partial charge on any atom is 0.271 e. The first-order valence-corrected chi connectivity index (χ1v) is 12.1. The Morgan fingerprint density at radius 1 is 1.16 bits per heavy atom. The number of hydrogen-bond acceptors (Lipinski definition) is 9. The van der Waals surface area contributed by atoms with Crippen molar-refractivity contribution in [3.63, 3.8) is 0 Å². The lowest BCUT2D eigenvalue weighted by molar-refractivity contribution is -0.242. The Bertz CT molecular complexity index is 1430. The monoisotopic (exact) mass is 500 g/mol. The number of nitriles is 1. The molecule has 2 aromatic heterocycles. The Kier molecular flexibility index (Phi) is 5.58. The van der Waals surface area contributed by atoms with Gasteiger partial charge in [0, 0.05) is 35.7 Å². The third kappa shape index (κ3) is 4.18. The average Bonchev–Trinajstić information content (AvgIpc) is 3.40. The highest BCUT2D eigenvalue weighted by molar-refractivity contribution is 5.99. The summed E-state index contributed by atoms with van der Waals surface area (Å²) < 4.78 is 13.5. The predicted molar refractivity (Wildman–Crippen MR) is 130 cm³/mol. The summed E-state index contributed by atoms with van der Waals surface area (Å²) in [5.41, 5.74) is 7.80. The van der Waals surface area contributed by atoms with Crippen molar-refractivity contribution in [2.75, 3.05) is 23.8 Å². The zero-order valence-corrected chi connectivity index (χ0v) is 19.8. The third-order valence-electron chi connectivity index (χ3n) is 6.95. The second kappa shape index (κ2) is 8.95. The van der Waals surface area contributed by atoms with Gasteiger partial charge in [0.2, 0.25) is 5.91 Å². The summed E-state index contributed by atoms with van der Waals surface area (Å²) in [6.45, 7) is 1.14. The van der Waals surface area contributed by atoms with Crippen molar-refractivity contribution in [2.24, 2.45) is 11.7 Å². The summed E-state index contributed by atoms with van der Waals surface area (Å²) in [6, 6.07) is 9.03. The molecule has 3 heterocycles. The summed E-state index contributed by atoms with van der Waals surface area (Å²) >= 11 is 0. The molecule has 2 amide bonds. The fourth-order valence-electron chi connectivity index (χ4n) is 4.76. The number of nitrogens with zero attached hydrogens (tertiary/aromatic N) is 5. The maximum atomic E-state index is 12.2. The van der Waals surface area contributed by atoms with Crippen LogP contribution in [0.5, 0.6) is 0 Å². The molecule has 1 aromatic carbocycles. The van der Waals surface area contributed by atoms with Gasteiger partial charge >= 0.3 is 0 Å². The van der Waals surface area contributed by atoms with Crippen molar-refractivity contribution < 1.29 is 19.1 Å². The van der Waals surface area contributed by atoms with Crippen LogP contribution in [0.3, 0.4) is 0 Å². The zero-order valence-electron chi connectivity index (χ0n) is 19.8. The average molecular weight is 501 g/mol. The highest BCUT2D eigenvalue weighted by atomic mass is 16.7. The fraction of sp³-hybridized carbons (Fsp3) is 0.360. The molecule has 1 spiro atoms. The number of carbonyl (C=O) groups excluding carboxylic acids is 2. The fourth-order valence-corrected chi connectivity index (χ4v) is 4.76. The molecule has 3 fully saturated rings. The minimum absolute atomic E-state index is 0.0270. The van der Waals surface area contributed by atoms with Gasteiger partial charge in [0.25, 0.3) is 5.91 Å². The van der Waals surface area contributed by atoms with E-state index in [2.05, 4.69) is 32.0 Å². The molecule has 12 nitrogen and oxygen atoms in total. The van der Waals surface area contributed by atoms with Gasteiger partial charge in [-0.15, -0.1) is 10.2 Å². The molecule has 1 saturated heterocycles. The van der Waals surface area contributed by atoms with Gasteiger partial charge in [0.1, 0.15) is 12.1 Å². The summed E-state index contributed by atoms with van der Waals surface area (Å²) in [5.74, 6) is -1.40. The Balaban J connectivity index is 1.30. The van der Waals surface area contributed by atoms with Gasteiger partial charge in [-0.1, -0.05) is 12.1 Å². The lowest BCUT2D eigenvalue weighted by Gasteiger charge is -2.44. The normalized spacial score (nSPS) is 19.7. The van der Waals surface area contributed by atoms with Crippen LogP contribution in [0.25, 0.3) is 11.1 Å². The number of amides is 2. The van der Waals surface area contributed by atoms with Crippen LogP contribution < -0.4 is 16.4 Å². The Labute approximate surface area is 211 Å². The summed E-state index contributed by atoms with van der Waals surface area (Å²) in [7, 11) is 0. The molecule has 4 N–H and O–H groups in total. The number of rotatable bonds is 7. The molecule has 37 heavy (non-hydrogen) atoms. The molecule has 1 aliphatic heterocycles. The van der Waals surface area contributed by atoms with Gasteiger partial charge in [-0.2, -0.15) is 10.4 Å². The van der Waals surface area contributed by atoms with Crippen molar-refractivity contribution in [1.29, 1.82) is 5.26 Å². The molecule has 12 heteroatoms. The van der Waals surface area contributed by atoms with Crippen molar-refractivity contribution in [3.8, 4) is 17.2 Å². The standard InChI is InChI=1S/C25H24N8O4/c26-11-17-16(15-12-28-33(13-15)20-6-7-25(20)36-8-9-37-25)2-1-3-18(17)29-19-10-21(30-24(35)14-4-5-14)31-32-22(19)23(27)34/h1-3,10,12-14,20H,4-9H2,(H2,27,34)(H2,29,30,31,35)/t20-/m1/s1. The summed E-state index contributed by atoms with van der Waals surface area (Å²) in [5, 5.41) is 28.2. The van der Waals surface area contributed by atoms with E-state index in [-0.39, 0.29) is 35.1 Å². The van der Waals surface area contributed by atoms with E-state index in [1.54, 1.807) is 18.3 Å². The molecule has 2 aliphatic carbocycles. The molecule has 0 bridgehead atoms. The first-order valence-electron chi connectivity index (χ1n) is 12.1. The smallest absolute Gasteiger partial charge is 0.271 e. The lowest BCUT2D eigenvalue weighted by atomic mass is 9.85. The molecular formula is C25H24N8O4. The lowest BCUT2D eigenvalue weighted by Crippen LogP contribution is -2.49. The molecule has 2 saturated carbocycles. The highest BCUT2D eigenvalue weighted by Gasteiger charge is 2.53. The first kappa shape index (κ1) is 23.1.